The van der Waals surface area contributed by atoms with Crippen molar-refractivity contribution in [2.24, 2.45) is 0 Å². The molecule has 3 N–H and O–H groups in total. The van der Waals surface area contributed by atoms with Gasteiger partial charge in [0.2, 0.25) is 0 Å². The molecule has 0 spiro atoms. The molecule has 3 aromatic carbocycles. The quantitative estimate of drug-likeness (QED) is 0.162. The first kappa shape index (κ1) is 35.9. The normalized spacial score (nSPS) is 22.4. The molecule has 1 aliphatic carbocycles. The number of halogens is 2. The number of benzene rings is 3. The zero-order valence-electron chi connectivity index (χ0n) is 28.4. The minimum absolute atomic E-state index is 0.0168. The minimum Gasteiger partial charge on any atom is -0.487 e. The fourth-order valence-electron chi connectivity index (χ4n) is 7.33. The molecule has 3 aromatic rings. The molecule has 3 unspecified atom stereocenters. The fourth-order valence-corrected chi connectivity index (χ4v) is 8.08. The van der Waals surface area contributed by atoms with Gasteiger partial charge in [-0.3, -0.25) is 4.90 Å². The van der Waals surface area contributed by atoms with Gasteiger partial charge in [-0.2, -0.15) is 0 Å². The number of nitrogens with zero attached hydrogens (tertiary/aromatic N) is 1. The van der Waals surface area contributed by atoms with E-state index in [1.54, 1.807) is 6.07 Å². The molecule has 1 saturated heterocycles. The lowest BCUT2D eigenvalue weighted by atomic mass is 9.96. The molecule has 11 heteroatoms. The summed E-state index contributed by atoms with van der Waals surface area (Å²) in [7, 11) is -2.99. The highest BCUT2D eigenvalue weighted by Gasteiger charge is 2.34. The van der Waals surface area contributed by atoms with E-state index < -0.39 is 9.84 Å². The van der Waals surface area contributed by atoms with Crippen LogP contribution in [0, 0.1) is 5.82 Å². The Kier molecular flexibility index (Phi) is 12.4. The molecule has 3 aliphatic rings. The zero-order valence-corrected chi connectivity index (χ0v) is 30.0. The first-order valence-corrected chi connectivity index (χ1v) is 20.3. The van der Waals surface area contributed by atoms with Crippen LogP contribution in [0.15, 0.2) is 60.7 Å². The van der Waals surface area contributed by atoms with E-state index in [2.05, 4.69) is 39.0 Å². The molecule has 0 bridgehead atoms. The van der Waals surface area contributed by atoms with E-state index in [9.17, 15) is 12.8 Å². The van der Waals surface area contributed by atoms with Gasteiger partial charge in [0.25, 0.3) is 0 Å². The van der Waals surface area contributed by atoms with Crippen molar-refractivity contribution in [3.63, 3.8) is 0 Å². The first-order chi connectivity index (χ1) is 23.7. The largest absolute Gasteiger partial charge is 0.487 e. The van der Waals surface area contributed by atoms with Gasteiger partial charge in [0.1, 0.15) is 34.2 Å². The van der Waals surface area contributed by atoms with Crippen molar-refractivity contribution in [3.05, 3.63) is 88.2 Å². The van der Waals surface area contributed by atoms with Crippen LogP contribution in [0.4, 0.5) is 15.8 Å². The van der Waals surface area contributed by atoms with Crippen molar-refractivity contribution < 1.29 is 22.3 Å². The number of fused-ring (bicyclic) bond motifs is 1. The van der Waals surface area contributed by atoms with Gasteiger partial charge >= 0.3 is 0 Å². The Morgan fingerprint density at radius 3 is 2.53 bits per heavy atom. The first-order valence-electron chi connectivity index (χ1n) is 17.8. The Morgan fingerprint density at radius 1 is 0.980 bits per heavy atom. The molecule has 0 amide bonds. The van der Waals surface area contributed by atoms with Crippen LogP contribution in [0.1, 0.15) is 93.2 Å². The van der Waals surface area contributed by atoms with E-state index in [-0.39, 0.29) is 36.6 Å². The summed E-state index contributed by atoms with van der Waals surface area (Å²) < 4.78 is 49.1. The van der Waals surface area contributed by atoms with Crippen LogP contribution in [-0.4, -0.2) is 57.2 Å². The predicted molar refractivity (Wildman–Crippen MR) is 195 cm³/mol. The van der Waals surface area contributed by atoms with Crippen molar-refractivity contribution in [2.75, 3.05) is 42.4 Å². The SMILES string of the molecule is CS(=O)(=O)CCNCC1CCC(c2ccc3c(c2)C(Nc2ccc(OCc4cccc(F)c4)c(Cl)c2)N(C2CCCCCCCC2)CN3)O1. The number of sulfone groups is 1. The topological polar surface area (TPSA) is 91.9 Å². The maximum absolute atomic E-state index is 13.7. The highest BCUT2D eigenvalue weighted by atomic mass is 35.5. The Morgan fingerprint density at radius 2 is 1.78 bits per heavy atom. The minimum atomic E-state index is -2.99. The third kappa shape index (κ3) is 10.1. The Hall–Kier alpha value is -2.89. The molecule has 1 saturated carbocycles. The van der Waals surface area contributed by atoms with E-state index in [0.717, 1.165) is 42.0 Å². The van der Waals surface area contributed by atoms with Gasteiger partial charge in [-0.05, 0) is 79.3 Å². The van der Waals surface area contributed by atoms with Crippen LogP contribution in [0.2, 0.25) is 5.02 Å². The van der Waals surface area contributed by atoms with Crippen LogP contribution >= 0.6 is 11.6 Å². The molecule has 266 valence electrons. The Bertz CT molecular complexity index is 1650. The van der Waals surface area contributed by atoms with E-state index in [1.165, 1.54) is 75.3 Å². The van der Waals surface area contributed by atoms with Crippen molar-refractivity contribution in [3.8, 4) is 5.75 Å². The Labute approximate surface area is 296 Å². The summed E-state index contributed by atoms with van der Waals surface area (Å²) in [6.07, 6.45) is 13.1. The van der Waals surface area contributed by atoms with Gasteiger partial charge in [0, 0.05) is 42.3 Å². The van der Waals surface area contributed by atoms with Crippen LogP contribution in [0.25, 0.3) is 0 Å². The molecule has 8 nitrogen and oxygen atoms in total. The second kappa shape index (κ2) is 16.9. The van der Waals surface area contributed by atoms with Gasteiger partial charge in [-0.25, -0.2) is 12.8 Å². The average molecular weight is 713 g/mol. The van der Waals surface area contributed by atoms with E-state index in [4.69, 9.17) is 21.1 Å². The number of hydrogen-bond acceptors (Lipinski definition) is 8. The van der Waals surface area contributed by atoms with Gasteiger partial charge in [0.05, 0.1) is 29.7 Å². The summed E-state index contributed by atoms with van der Waals surface area (Å²) in [5.41, 5.74) is 5.09. The lowest BCUT2D eigenvalue weighted by molar-refractivity contribution is 0.0451. The van der Waals surface area contributed by atoms with Crippen molar-refractivity contribution in [1.82, 2.24) is 10.2 Å². The standard InChI is InChI=1S/C38H50ClFN4O4S/c1-49(45,46)20-19-41-24-32-15-18-36(48-32)28-13-16-35-33(22-28)38(44(26-42-35)31-11-6-4-2-3-5-7-12-31)43-30-14-17-37(34(39)23-30)47-25-27-9-8-10-29(40)21-27/h8-10,13-14,16-17,21-23,31-32,36,38,41-43H,2-7,11-12,15,18-20,24-26H2,1H3. The molecule has 0 radical (unpaired) electrons. The summed E-state index contributed by atoms with van der Waals surface area (Å²) in [6.45, 7) is 2.05. The lowest BCUT2D eigenvalue weighted by Gasteiger charge is -2.43. The summed E-state index contributed by atoms with van der Waals surface area (Å²) in [6, 6.07) is 19.3. The van der Waals surface area contributed by atoms with Gasteiger partial charge < -0.3 is 25.4 Å². The van der Waals surface area contributed by atoms with E-state index >= 15 is 0 Å². The smallest absolute Gasteiger partial charge is 0.148 e. The van der Waals surface area contributed by atoms with Crippen LogP contribution in [0.5, 0.6) is 5.75 Å². The highest BCUT2D eigenvalue weighted by molar-refractivity contribution is 7.90. The average Bonchev–Trinajstić information content (AvgIpc) is 3.60. The third-order valence-electron chi connectivity index (χ3n) is 9.97. The molecule has 49 heavy (non-hydrogen) atoms. The number of ether oxygens (including phenoxy) is 2. The molecule has 2 aliphatic heterocycles. The summed E-state index contributed by atoms with van der Waals surface area (Å²) in [5, 5.41) is 11.3. The van der Waals surface area contributed by atoms with Crippen molar-refractivity contribution in [1.29, 1.82) is 0 Å². The maximum atomic E-state index is 13.7. The van der Waals surface area contributed by atoms with Crippen molar-refractivity contribution in [2.45, 2.75) is 95.2 Å². The van der Waals surface area contributed by atoms with Crippen molar-refractivity contribution >= 4 is 32.8 Å². The van der Waals surface area contributed by atoms with Crippen LogP contribution in [0.3, 0.4) is 0 Å². The third-order valence-corrected chi connectivity index (χ3v) is 11.2. The van der Waals surface area contributed by atoms with Gasteiger partial charge in [-0.15, -0.1) is 0 Å². The molecular weight excluding hydrogens is 663 g/mol. The number of nitrogens with one attached hydrogen (secondary N) is 3. The summed E-state index contributed by atoms with van der Waals surface area (Å²) >= 11 is 6.76. The predicted octanol–water partition coefficient (Wildman–Crippen LogP) is 8.21. The molecule has 2 heterocycles. The van der Waals surface area contributed by atoms with Crippen LogP contribution in [-0.2, 0) is 21.2 Å². The fraction of sp³-hybridized carbons (Fsp3) is 0.526. The second-order valence-electron chi connectivity index (χ2n) is 13.8. The molecule has 2 fully saturated rings. The number of anilines is 2. The highest BCUT2D eigenvalue weighted by Crippen LogP contribution is 2.41. The Balaban J connectivity index is 1.20. The second-order valence-corrected chi connectivity index (χ2v) is 16.5. The lowest BCUT2D eigenvalue weighted by Crippen LogP contribution is -2.47. The summed E-state index contributed by atoms with van der Waals surface area (Å²) in [4.78, 5) is 2.59. The molecule has 3 atom stereocenters. The van der Waals surface area contributed by atoms with Crippen LogP contribution < -0.4 is 20.7 Å². The van der Waals surface area contributed by atoms with E-state index in [1.807, 2.05) is 24.3 Å². The van der Waals surface area contributed by atoms with Gasteiger partial charge in [-0.1, -0.05) is 68.3 Å². The molecular formula is C38H50ClFN4O4S. The van der Waals surface area contributed by atoms with Gasteiger partial charge in [0.15, 0.2) is 0 Å². The molecule has 6 rings (SSSR count). The number of hydrogen-bond donors (Lipinski definition) is 3. The molecule has 0 aromatic heterocycles. The summed E-state index contributed by atoms with van der Waals surface area (Å²) in [5.74, 6) is 0.388. The monoisotopic (exact) mass is 712 g/mol. The van der Waals surface area contributed by atoms with E-state index in [0.29, 0.717) is 29.9 Å². The zero-order chi connectivity index (χ0) is 34.2. The maximum Gasteiger partial charge on any atom is 0.148 e. The number of rotatable bonds is 12.